The molecule has 0 radical (unpaired) electrons. The van der Waals surface area contributed by atoms with E-state index in [-0.39, 0.29) is 24.4 Å². The normalized spacial score (nSPS) is 14.7. The molecule has 1 aliphatic rings. The van der Waals surface area contributed by atoms with Crippen LogP contribution < -0.4 is 9.64 Å². The van der Waals surface area contributed by atoms with Gasteiger partial charge < -0.3 is 14.4 Å². The van der Waals surface area contributed by atoms with Gasteiger partial charge in [-0.2, -0.15) is 0 Å². The molecule has 0 spiro atoms. The fourth-order valence-electron chi connectivity index (χ4n) is 4.57. The molecule has 0 bridgehead atoms. The lowest BCUT2D eigenvalue weighted by molar-refractivity contribution is -0.139. The third kappa shape index (κ3) is 8.50. The highest BCUT2D eigenvalue weighted by atomic mass is 16.5. The molecule has 2 aromatic rings. The van der Waals surface area contributed by atoms with Crippen LogP contribution in [-0.4, -0.2) is 79.9 Å². The summed E-state index contributed by atoms with van der Waals surface area (Å²) in [5.74, 6) is -0.565. The summed E-state index contributed by atoms with van der Waals surface area (Å²) in [7, 11) is 2.12. The van der Waals surface area contributed by atoms with Crippen molar-refractivity contribution >= 4 is 23.3 Å². The topological polar surface area (TPSA) is 79.4 Å². The third-order valence-corrected chi connectivity index (χ3v) is 6.81. The Bertz CT molecular complexity index is 1210. The number of hydrogen-bond acceptors (Lipinski definition) is 7. The number of likely N-dealkylation sites (N-methyl/N-ethyl adjacent to an activating group) is 1. The highest BCUT2D eigenvalue weighted by Gasteiger charge is 2.29. The van der Waals surface area contributed by atoms with E-state index in [1.807, 2.05) is 45.0 Å². The van der Waals surface area contributed by atoms with Crippen molar-refractivity contribution in [3.8, 4) is 5.75 Å². The molecule has 3 rings (SSSR count). The average molecular weight is 550 g/mol. The SMILES string of the molecule is CCC/C=C(\CN1CCN(C)CC1)N(C(=O)c1ccccc1C)c1cc(C(=O)COC(C)=O)ccc1OC(C)C. The van der Waals surface area contributed by atoms with Gasteiger partial charge in [-0.1, -0.05) is 37.6 Å². The average Bonchev–Trinajstić information content (AvgIpc) is 2.92. The van der Waals surface area contributed by atoms with Gasteiger partial charge >= 0.3 is 5.97 Å². The predicted molar refractivity (Wildman–Crippen MR) is 158 cm³/mol. The number of aryl methyl sites for hydroxylation is 1. The van der Waals surface area contributed by atoms with Gasteiger partial charge in [0, 0.05) is 56.5 Å². The monoisotopic (exact) mass is 549 g/mol. The zero-order valence-corrected chi connectivity index (χ0v) is 24.7. The van der Waals surface area contributed by atoms with E-state index in [1.165, 1.54) is 6.92 Å². The van der Waals surface area contributed by atoms with Gasteiger partial charge in [-0.3, -0.25) is 24.2 Å². The maximum Gasteiger partial charge on any atom is 0.303 e. The quantitative estimate of drug-likeness (QED) is 0.269. The van der Waals surface area contributed by atoms with Crippen LogP contribution in [0.5, 0.6) is 5.75 Å². The van der Waals surface area contributed by atoms with Gasteiger partial charge in [0.05, 0.1) is 11.8 Å². The lowest BCUT2D eigenvalue weighted by Crippen LogP contribution is -2.47. The first-order valence-electron chi connectivity index (χ1n) is 14.1. The molecule has 0 saturated carbocycles. The number of Topliss-reactive ketones (excluding diaryl/α,β-unsaturated/α-hetero) is 1. The lowest BCUT2D eigenvalue weighted by Gasteiger charge is -2.36. The Kier molecular flexibility index (Phi) is 11.5. The summed E-state index contributed by atoms with van der Waals surface area (Å²) in [6, 6.07) is 12.6. The molecule has 1 amide bonds. The van der Waals surface area contributed by atoms with Crippen molar-refractivity contribution in [2.45, 2.75) is 53.6 Å². The molecule has 216 valence electrons. The van der Waals surface area contributed by atoms with E-state index in [0.717, 1.165) is 50.3 Å². The highest BCUT2D eigenvalue weighted by molar-refractivity contribution is 6.10. The Balaban J connectivity index is 2.18. The number of carbonyl (C=O) groups excluding carboxylic acids is 3. The zero-order chi connectivity index (χ0) is 29.2. The van der Waals surface area contributed by atoms with Gasteiger partial charge in [-0.25, -0.2) is 0 Å². The molecular formula is C32H43N3O5. The Hall–Kier alpha value is -3.49. The van der Waals surface area contributed by atoms with Crippen LogP contribution in [0, 0.1) is 6.92 Å². The Labute approximate surface area is 238 Å². The van der Waals surface area contributed by atoms with E-state index in [4.69, 9.17) is 9.47 Å². The fraction of sp³-hybridized carbons (Fsp3) is 0.469. The summed E-state index contributed by atoms with van der Waals surface area (Å²) in [4.78, 5) is 45.2. The second-order valence-electron chi connectivity index (χ2n) is 10.6. The van der Waals surface area contributed by atoms with Crippen molar-refractivity contribution < 1.29 is 23.9 Å². The number of ether oxygens (including phenoxy) is 2. The minimum absolute atomic E-state index is 0.155. The highest BCUT2D eigenvalue weighted by Crippen LogP contribution is 2.35. The first kappa shape index (κ1) is 31.0. The number of nitrogens with zero attached hydrogens (tertiary/aromatic N) is 3. The Morgan fingerprint density at radius 2 is 1.75 bits per heavy atom. The van der Waals surface area contributed by atoms with Gasteiger partial charge in [-0.15, -0.1) is 0 Å². The van der Waals surface area contributed by atoms with Crippen molar-refractivity contribution in [1.82, 2.24) is 9.80 Å². The predicted octanol–water partition coefficient (Wildman–Crippen LogP) is 5.11. The van der Waals surface area contributed by atoms with Crippen LogP contribution in [0.1, 0.15) is 66.8 Å². The molecule has 0 aromatic heterocycles. The van der Waals surface area contributed by atoms with Crippen molar-refractivity contribution in [3.05, 3.63) is 70.9 Å². The van der Waals surface area contributed by atoms with Crippen LogP contribution in [0.3, 0.4) is 0 Å². The number of piperazine rings is 1. The van der Waals surface area contributed by atoms with Crippen LogP contribution in [0.25, 0.3) is 0 Å². The van der Waals surface area contributed by atoms with E-state index in [0.29, 0.717) is 29.1 Å². The van der Waals surface area contributed by atoms with Gasteiger partial charge in [-0.05, 0) is 64.1 Å². The smallest absolute Gasteiger partial charge is 0.303 e. The first-order chi connectivity index (χ1) is 19.1. The minimum Gasteiger partial charge on any atom is -0.489 e. The van der Waals surface area contributed by atoms with Gasteiger partial charge in [0.25, 0.3) is 5.91 Å². The molecule has 8 heteroatoms. The van der Waals surface area contributed by atoms with E-state index in [2.05, 4.69) is 29.8 Å². The maximum absolute atomic E-state index is 14.4. The van der Waals surface area contributed by atoms with Crippen molar-refractivity contribution in [2.24, 2.45) is 0 Å². The fourth-order valence-corrected chi connectivity index (χ4v) is 4.57. The number of benzene rings is 2. The number of rotatable bonds is 12. The second kappa shape index (κ2) is 14.8. The summed E-state index contributed by atoms with van der Waals surface area (Å²) in [6.07, 6.45) is 3.69. The molecule has 40 heavy (non-hydrogen) atoms. The largest absolute Gasteiger partial charge is 0.489 e. The van der Waals surface area contributed by atoms with E-state index < -0.39 is 5.97 Å². The molecule has 1 saturated heterocycles. The molecule has 2 aromatic carbocycles. The number of unbranched alkanes of at least 4 members (excludes halogenated alkanes) is 1. The molecule has 0 N–H and O–H groups in total. The zero-order valence-electron chi connectivity index (χ0n) is 24.7. The Morgan fingerprint density at radius 3 is 2.38 bits per heavy atom. The number of ketones is 1. The van der Waals surface area contributed by atoms with Gasteiger partial charge in [0.1, 0.15) is 5.75 Å². The van der Waals surface area contributed by atoms with Crippen molar-refractivity contribution in [1.29, 1.82) is 0 Å². The maximum atomic E-state index is 14.4. The number of anilines is 1. The van der Waals surface area contributed by atoms with Crippen molar-refractivity contribution in [3.63, 3.8) is 0 Å². The van der Waals surface area contributed by atoms with Crippen LogP contribution in [0.15, 0.2) is 54.2 Å². The standard InChI is InChI=1S/C32H43N3O5/c1-7-8-12-27(21-34-18-16-33(6)17-19-34)35(32(38)28-13-10-9-11-24(28)4)29-20-26(30(37)22-39-25(5)36)14-15-31(29)40-23(2)3/h9-15,20,23H,7-8,16-19,21-22H2,1-6H3/b27-12+. The molecule has 0 atom stereocenters. The van der Waals surface area contributed by atoms with Crippen molar-refractivity contribution in [2.75, 3.05) is 51.3 Å². The van der Waals surface area contributed by atoms with Crippen LogP contribution in [0.2, 0.25) is 0 Å². The van der Waals surface area contributed by atoms with Gasteiger partial charge in [0.15, 0.2) is 12.4 Å². The van der Waals surface area contributed by atoms with Crippen LogP contribution >= 0.6 is 0 Å². The summed E-state index contributed by atoms with van der Waals surface area (Å²) < 4.78 is 11.2. The van der Waals surface area contributed by atoms with Gasteiger partial charge in [0.2, 0.25) is 0 Å². The number of esters is 1. The Morgan fingerprint density at radius 1 is 1.05 bits per heavy atom. The van der Waals surface area contributed by atoms with E-state index in [1.54, 1.807) is 23.1 Å². The molecule has 1 heterocycles. The first-order valence-corrected chi connectivity index (χ1v) is 14.1. The molecule has 0 aliphatic carbocycles. The molecule has 1 fully saturated rings. The minimum atomic E-state index is -0.526. The van der Waals surface area contributed by atoms with E-state index >= 15 is 0 Å². The summed E-state index contributed by atoms with van der Waals surface area (Å²) >= 11 is 0. The summed E-state index contributed by atoms with van der Waals surface area (Å²) in [5.41, 5.74) is 3.12. The number of carbonyl (C=O) groups is 3. The third-order valence-electron chi connectivity index (χ3n) is 6.81. The molecule has 1 aliphatic heterocycles. The summed E-state index contributed by atoms with van der Waals surface area (Å²) in [6.45, 7) is 13.1. The molecular weight excluding hydrogens is 506 g/mol. The molecule has 8 nitrogen and oxygen atoms in total. The number of allylic oxidation sites excluding steroid dienone is 1. The number of hydrogen-bond donors (Lipinski definition) is 0. The molecule has 0 unspecified atom stereocenters. The second-order valence-corrected chi connectivity index (χ2v) is 10.6. The van der Waals surface area contributed by atoms with Crippen LogP contribution in [-0.2, 0) is 9.53 Å². The van der Waals surface area contributed by atoms with Crippen LogP contribution in [0.4, 0.5) is 5.69 Å². The lowest BCUT2D eigenvalue weighted by atomic mass is 10.0. The number of amides is 1. The summed E-state index contributed by atoms with van der Waals surface area (Å²) in [5, 5.41) is 0. The van der Waals surface area contributed by atoms with E-state index in [9.17, 15) is 14.4 Å².